The Morgan fingerprint density at radius 1 is 1.05 bits per heavy atom. The third-order valence-corrected chi connectivity index (χ3v) is 7.59. The van der Waals surface area contributed by atoms with Crippen molar-refractivity contribution in [3.8, 4) is 12.8 Å². The van der Waals surface area contributed by atoms with Crippen LogP contribution in [0.3, 0.4) is 0 Å². The maximum absolute atomic E-state index is 14.6. The number of piperidine rings is 1. The first kappa shape index (κ1) is 29.9. The highest BCUT2D eigenvalue weighted by molar-refractivity contribution is 5.96. The number of hydrogen-bond acceptors (Lipinski definition) is 3. The highest BCUT2D eigenvalue weighted by Crippen LogP contribution is 2.50. The molecule has 1 heterocycles. The van der Waals surface area contributed by atoms with Gasteiger partial charge in [-0.05, 0) is 62.9 Å². The largest absolute Gasteiger partial charge is 0.416 e. The van der Waals surface area contributed by atoms with Gasteiger partial charge in [0.05, 0.1) is 12.1 Å². The molecule has 0 radical (unpaired) electrons. The molecule has 4 rings (SSSR count). The Morgan fingerprint density at radius 2 is 1.72 bits per heavy atom. The van der Waals surface area contributed by atoms with Crippen molar-refractivity contribution in [2.45, 2.75) is 44.8 Å². The zero-order valence-corrected chi connectivity index (χ0v) is 21.9. The number of allylic oxidation sites excluding steroid dienone is 1. The number of terminal acetylenes is 1. The highest BCUT2D eigenvalue weighted by atomic mass is 19.4. The second-order valence-corrected chi connectivity index (χ2v) is 9.81. The zero-order valence-electron chi connectivity index (χ0n) is 21.9. The van der Waals surface area contributed by atoms with Gasteiger partial charge in [0, 0.05) is 35.8 Å². The third kappa shape index (κ3) is 6.69. The van der Waals surface area contributed by atoms with E-state index in [2.05, 4.69) is 18.2 Å². The molecule has 9 heteroatoms. The van der Waals surface area contributed by atoms with E-state index >= 15 is 0 Å². The topological polar surface area (TPSA) is 52.7 Å². The maximum Gasteiger partial charge on any atom is 0.416 e. The van der Waals surface area contributed by atoms with Crippen molar-refractivity contribution in [2.24, 2.45) is 5.41 Å². The molecular formula is C30H33F4N3O2. The Morgan fingerprint density at radius 3 is 2.33 bits per heavy atom. The van der Waals surface area contributed by atoms with Crippen LogP contribution in [0.25, 0.3) is 0 Å². The number of alkyl halides is 3. The van der Waals surface area contributed by atoms with E-state index in [9.17, 15) is 27.2 Å². The molecule has 2 aliphatic rings. The lowest BCUT2D eigenvalue weighted by atomic mass is 9.73. The van der Waals surface area contributed by atoms with Gasteiger partial charge >= 0.3 is 6.18 Å². The van der Waals surface area contributed by atoms with Crippen molar-refractivity contribution in [3.63, 3.8) is 0 Å². The van der Waals surface area contributed by atoms with E-state index in [1.807, 2.05) is 30.3 Å². The number of rotatable bonds is 8. The summed E-state index contributed by atoms with van der Waals surface area (Å²) in [5.74, 6) is -1.27. The molecule has 1 aliphatic heterocycles. The number of benzene rings is 2. The van der Waals surface area contributed by atoms with E-state index in [1.165, 1.54) is 0 Å². The molecule has 0 atom stereocenters. The number of hydrogen-bond donors (Lipinski definition) is 1. The molecule has 1 N–H and O–H groups in total. The predicted molar refractivity (Wildman–Crippen MR) is 141 cm³/mol. The Balaban J connectivity index is 0.00000205. The minimum absolute atomic E-state index is 0.234. The number of halogens is 4. The SMILES string of the molecule is C#C.CN(CCc1ccccc1)C(=O)C1=C(N(C=O)Cc2c(F)cccc2C(F)(F)F)CCC12CCNCC2. The minimum atomic E-state index is -4.78. The van der Waals surface area contributed by atoms with Crippen LogP contribution in [0.5, 0.6) is 0 Å². The Bertz CT molecular complexity index is 1200. The standard InChI is InChI=1S/C28H31F4N3O2.C2H2/c1-34(17-11-20-6-3-2-4-7-20)26(37)25-24(10-12-27(25)13-15-33-16-14-27)35(19-36)18-21-22(28(30,31)32)8-5-9-23(21)29;1-2/h2-9,19,33H,10-18H2,1H3;1-2H. The van der Waals surface area contributed by atoms with Gasteiger partial charge in [-0.3, -0.25) is 9.59 Å². The molecule has 2 amide bonds. The molecule has 0 bridgehead atoms. The van der Waals surface area contributed by atoms with Crippen molar-refractivity contribution < 1.29 is 27.2 Å². The number of carbonyl (C=O) groups is 2. The Hall–Kier alpha value is -3.64. The summed E-state index contributed by atoms with van der Waals surface area (Å²) >= 11 is 0. The lowest BCUT2D eigenvalue weighted by molar-refractivity contribution is -0.139. The van der Waals surface area contributed by atoms with Gasteiger partial charge in [0.2, 0.25) is 6.41 Å². The number of carbonyl (C=O) groups excluding carboxylic acids is 2. The quantitative estimate of drug-likeness (QED) is 0.284. The third-order valence-electron chi connectivity index (χ3n) is 7.59. The van der Waals surface area contributed by atoms with Crippen LogP contribution in [0.15, 0.2) is 59.8 Å². The number of nitrogens with one attached hydrogen (secondary N) is 1. The normalized spacial score (nSPS) is 16.4. The first-order valence-electron chi connectivity index (χ1n) is 12.8. The van der Waals surface area contributed by atoms with Crippen LogP contribution >= 0.6 is 0 Å². The molecule has 2 aromatic carbocycles. The lowest BCUT2D eigenvalue weighted by Gasteiger charge is -2.37. The molecular weight excluding hydrogens is 510 g/mol. The van der Waals surface area contributed by atoms with E-state index < -0.39 is 35.1 Å². The summed E-state index contributed by atoms with van der Waals surface area (Å²) < 4.78 is 55.5. The van der Waals surface area contributed by atoms with Crippen LogP contribution in [-0.2, 0) is 28.7 Å². The number of amides is 2. The summed E-state index contributed by atoms with van der Waals surface area (Å²) in [5, 5.41) is 3.30. The van der Waals surface area contributed by atoms with Crippen molar-refractivity contribution in [1.29, 1.82) is 0 Å². The molecule has 0 unspecified atom stereocenters. The number of nitrogens with zero attached hydrogens (tertiary/aromatic N) is 2. The molecule has 1 fully saturated rings. The van der Waals surface area contributed by atoms with Crippen molar-refractivity contribution >= 4 is 12.3 Å². The summed E-state index contributed by atoms with van der Waals surface area (Å²) in [6.45, 7) is 1.24. The summed E-state index contributed by atoms with van der Waals surface area (Å²) in [7, 11) is 1.70. The fourth-order valence-electron chi connectivity index (χ4n) is 5.54. The highest BCUT2D eigenvalue weighted by Gasteiger charge is 2.47. The fourth-order valence-corrected chi connectivity index (χ4v) is 5.54. The van der Waals surface area contributed by atoms with Crippen LogP contribution in [0, 0.1) is 24.1 Å². The van der Waals surface area contributed by atoms with E-state index in [1.54, 1.807) is 11.9 Å². The number of likely N-dealkylation sites (N-methyl/N-ethyl adjacent to an activating group) is 1. The van der Waals surface area contributed by atoms with E-state index in [-0.39, 0.29) is 5.91 Å². The zero-order chi connectivity index (χ0) is 28.6. The van der Waals surface area contributed by atoms with Crippen molar-refractivity contribution in [1.82, 2.24) is 15.1 Å². The van der Waals surface area contributed by atoms with Crippen LogP contribution in [-0.4, -0.2) is 48.8 Å². The fraction of sp³-hybridized carbons (Fsp3) is 0.400. The second kappa shape index (κ2) is 12.9. The monoisotopic (exact) mass is 543 g/mol. The van der Waals surface area contributed by atoms with Gasteiger partial charge in [-0.15, -0.1) is 12.8 Å². The van der Waals surface area contributed by atoms with Crippen LogP contribution in [0.1, 0.15) is 42.4 Å². The van der Waals surface area contributed by atoms with Gasteiger partial charge in [0.25, 0.3) is 5.91 Å². The first-order valence-corrected chi connectivity index (χ1v) is 12.8. The summed E-state index contributed by atoms with van der Waals surface area (Å²) in [6.07, 6.45) is 6.63. The van der Waals surface area contributed by atoms with Crippen molar-refractivity contribution in [3.05, 3.63) is 82.3 Å². The van der Waals surface area contributed by atoms with Gasteiger partial charge in [-0.25, -0.2) is 4.39 Å². The smallest absolute Gasteiger partial charge is 0.342 e. The Kier molecular flexibility index (Phi) is 9.92. The Labute approximate surface area is 226 Å². The van der Waals surface area contributed by atoms with Gasteiger partial charge in [0.1, 0.15) is 5.82 Å². The van der Waals surface area contributed by atoms with Crippen LogP contribution in [0.2, 0.25) is 0 Å². The molecule has 208 valence electrons. The maximum atomic E-state index is 14.6. The van der Waals surface area contributed by atoms with Gasteiger partial charge in [-0.1, -0.05) is 36.4 Å². The van der Waals surface area contributed by atoms with Crippen molar-refractivity contribution in [2.75, 3.05) is 26.7 Å². The second-order valence-electron chi connectivity index (χ2n) is 9.81. The molecule has 5 nitrogen and oxygen atoms in total. The van der Waals surface area contributed by atoms with Crippen LogP contribution < -0.4 is 5.32 Å². The van der Waals surface area contributed by atoms with E-state index in [4.69, 9.17) is 0 Å². The van der Waals surface area contributed by atoms with Gasteiger partial charge in [0.15, 0.2) is 0 Å². The summed E-state index contributed by atoms with van der Waals surface area (Å²) in [6, 6.07) is 12.5. The molecule has 1 aliphatic carbocycles. The average molecular weight is 544 g/mol. The molecule has 2 aromatic rings. The van der Waals surface area contributed by atoms with E-state index in [0.717, 1.165) is 28.7 Å². The van der Waals surface area contributed by atoms with Crippen LogP contribution in [0.4, 0.5) is 17.6 Å². The lowest BCUT2D eigenvalue weighted by Crippen LogP contribution is -2.42. The summed E-state index contributed by atoms with van der Waals surface area (Å²) in [4.78, 5) is 28.8. The molecule has 1 spiro atoms. The van der Waals surface area contributed by atoms with Gasteiger partial charge < -0.3 is 15.1 Å². The van der Waals surface area contributed by atoms with E-state index in [0.29, 0.717) is 69.4 Å². The predicted octanol–water partition coefficient (Wildman–Crippen LogP) is 5.17. The summed E-state index contributed by atoms with van der Waals surface area (Å²) in [5.41, 5.74) is -0.255. The first-order chi connectivity index (χ1) is 18.7. The van der Waals surface area contributed by atoms with Gasteiger partial charge in [-0.2, -0.15) is 13.2 Å². The molecule has 0 saturated carbocycles. The minimum Gasteiger partial charge on any atom is -0.342 e. The molecule has 0 aromatic heterocycles. The molecule has 1 saturated heterocycles. The molecule has 39 heavy (non-hydrogen) atoms. The average Bonchev–Trinajstić information content (AvgIpc) is 3.29.